The molecule has 1 aromatic heterocycles. The van der Waals surface area contributed by atoms with Gasteiger partial charge in [0.1, 0.15) is 5.82 Å². The van der Waals surface area contributed by atoms with Crippen molar-refractivity contribution in [1.29, 1.82) is 0 Å². The van der Waals surface area contributed by atoms with E-state index in [1.54, 1.807) is 6.20 Å². The third kappa shape index (κ3) is 3.40. The molecule has 1 aliphatic heterocycles. The maximum Gasteiger partial charge on any atom is 0.259 e. The Morgan fingerprint density at radius 2 is 1.65 bits per heavy atom. The Labute approximate surface area is 153 Å². The lowest BCUT2D eigenvalue weighted by molar-refractivity contribution is 0.102. The van der Waals surface area contributed by atoms with Crippen LogP contribution < -0.4 is 10.2 Å². The second kappa shape index (κ2) is 7.56. The molecule has 0 radical (unpaired) electrons. The number of benzene rings is 2. The molecule has 132 valence electrons. The van der Waals surface area contributed by atoms with Gasteiger partial charge >= 0.3 is 0 Å². The fraction of sp³-hybridized carbons (Fsp3) is 0.273. The largest absolute Gasteiger partial charge is 0.356 e. The van der Waals surface area contributed by atoms with E-state index in [1.165, 1.54) is 12.8 Å². The lowest BCUT2D eigenvalue weighted by atomic mass is 10.1. The average molecular weight is 345 g/mol. The summed E-state index contributed by atoms with van der Waals surface area (Å²) in [4.78, 5) is 19.8. The highest BCUT2D eigenvalue weighted by Gasteiger charge is 2.19. The molecule has 0 unspecified atom stereocenters. The molecule has 1 N–H and O–H groups in total. The summed E-state index contributed by atoms with van der Waals surface area (Å²) in [5.74, 6) is 0.695. The summed E-state index contributed by atoms with van der Waals surface area (Å²) in [6, 6.07) is 17.8. The van der Waals surface area contributed by atoms with E-state index in [0.29, 0.717) is 5.56 Å². The Kier molecular flexibility index (Phi) is 4.82. The van der Waals surface area contributed by atoms with Crippen molar-refractivity contribution in [2.45, 2.75) is 25.7 Å². The van der Waals surface area contributed by atoms with Crippen LogP contribution in [-0.2, 0) is 0 Å². The van der Waals surface area contributed by atoms with Crippen molar-refractivity contribution in [2.75, 3.05) is 23.3 Å². The fourth-order valence-electron chi connectivity index (χ4n) is 3.63. The normalized spacial score (nSPS) is 14.8. The molecule has 0 aliphatic carbocycles. The van der Waals surface area contributed by atoms with Gasteiger partial charge in [0.15, 0.2) is 0 Å². The molecule has 3 aromatic rings. The van der Waals surface area contributed by atoms with Crippen molar-refractivity contribution in [3.63, 3.8) is 0 Å². The molecule has 1 saturated heterocycles. The summed E-state index contributed by atoms with van der Waals surface area (Å²) in [5.41, 5.74) is 1.47. The highest BCUT2D eigenvalue weighted by molar-refractivity contribution is 6.11. The zero-order valence-corrected chi connectivity index (χ0v) is 14.8. The first-order valence-corrected chi connectivity index (χ1v) is 9.32. The summed E-state index contributed by atoms with van der Waals surface area (Å²) in [6.07, 6.45) is 6.58. The molecule has 26 heavy (non-hydrogen) atoms. The topological polar surface area (TPSA) is 45.2 Å². The standard InChI is InChI=1S/C22H23N3O/c26-22(24-20-13-7-10-17-9-3-4-11-18(17)20)19-12-8-14-23-21(19)25-15-5-1-2-6-16-25/h3-4,7-14H,1-2,5-6,15-16H2,(H,24,26). The Hall–Kier alpha value is -2.88. The van der Waals surface area contributed by atoms with E-state index < -0.39 is 0 Å². The minimum Gasteiger partial charge on any atom is -0.356 e. The number of amides is 1. The van der Waals surface area contributed by atoms with Gasteiger partial charge in [-0.05, 0) is 36.4 Å². The molecule has 1 aliphatic rings. The van der Waals surface area contributed by atoms with Crippen molar-refractivity contribution < 1.29 is 4.79 Å². The van der Waals surface area contributed by atoms with Crippen LogP contribution in [0.3, 0.4) is 0 Å². The number of fused-ring (bicyclic) bond motifs is 1. The lowest BCUT2D eigenvalue weighted by Gasteiger charge is -2.23. The van der Waals surface area contributed by atoms with Gasteiger partial charge in [0.05, 0.1) is 5.56 Å². The lowest BCUT2D eigenvalue weighted by Crippen LogP contribution is -2.28. The zero-order chi connectivity index (χ0) is 17.8. The molecule has 4 heteroatoms. The van der Waals surface area contributed by atoms with Crippen molar-refractivity contribution in [3.8, 4) is 0 Å². The van der Waals surface area contributed by atoms with Crippen molar-refractivity contribution >= 4 is 28.2 Å². The van der Waals surface area contributed by atoms with Gasteiger partial charge in [0.25, 0.3) is 5.91 Å². The van der Waals surface area contributed by atoms with Crippen molar-refractivity contribution in [3.05, 3.63) is 66.4 Å². The van der Waals surface area contributed by atoms with Crippen LogP contribution >= 0.6 is 0 Å². The number of aromatic nitrogens is 1. The highest BCUT2D eigenvalue weighted by Crippen LogP contribution is 2.26. The van der Waals surface area contributed by atoms with E-state index in [-0.39, 0.29) is 5.91 Å². The molecule has 0 atom stereocenters. The first kappa shape index (κ1) is 16.6. The SMILES string of the molecule is O=C(Nc1cccc2ccccc12)c1cccnc1N1CCCCCC1. The number of rotatable bonds is 3. The van der Waals surface area contributed by atoms with Gasteiger partial charge in [0.2, 0.25) is 0 Å². The van der Waals surface area contributed by atoms with Gasteiger partial charge in [0, 0.05) is 30.4 Å². The van der Waals surface area contributed by atoms with Crippen LogP contribution in [0.4, 0.5) is 11.5 Å². The number of hydrogen-bond donors (Lipinski definition) is 1. The predicted octanol–water partition coefficient (Wildman–Crippen LogP) is 4.87. The van der Waals surface area contributed by atoms with Gasteiger partial charge in [-0.3, -0.25) is 4.79 Å². The summed E-state index contributed by atoms with van der Waals surface area (Å²) < 4.78 is 0. The first-order valence-electron chi connectivity index (χ1n) is 9.32. The molecule has 4 nitrogen and oxygen atoms in total. The van der Waals surface area contributed by atoms with Crippen LogP contribution in [0.5, 0.6) is 0 Å². The molecule has 1 amide bonds. The van der Waals surface area contributed by atoms with Crippen LogP contribution in [0, 0.1) is 0 Å². The van der Waals surface area contributed by atoms with Crippen molar-refractivity contribution in [1.82, 2.24) is 4.98 Å². The van der Waals surface area contributed by atoms with Crippen molar-refractivity contribution in [2.24, 2.45) is 0 Å². The maximum absolute atomic E-state index is 13.0. The van der Waals surface area contributed by atoms with E-state index in [2.05, 4.69) is 27.3 Å². The number of pyridine rings is 1. The van der Waals surface area contributed by atoms with E-state index in [1.807, 2.05) is 42.5 Å². The molecular formula is C22H23N3O. The van der Waals surface area contributed by atoms with Crippen LogP contribution in [0.15, 0.2) is 60.8 Å². The molecular weight excluding hydrogens is 322 g/mol. The van der Waals surface area contributed by atoms with Gasteiger partial charge in [-0.15, -0.1) is 0 Å². The quantitative estimate of drug-likeness (QED) is 0.737. The van der Waals surface area contributed by atoms with Crippen LogP contribution in [0.1, 0.15) is 36.0 Å². The number of anilines is 2. The highest BCUT2D eigenvalue weighted by atomic mass is 16.1. The van der Waals surface area contributed by atoms with Crippen LogP contribution in [0.2, 0.25) is 0 Å². The van der Waals surface area contributed by atoms with Gasteiger partial charge < -0.3 is 10.2 Å². The fourth-order valence-corrected chi connectivity index (χ4v) is 3.63. The van der Waals surface area contributed by atoms with E-state index in [4.69, 9.17) is 0 Å². The number of nitrogens with one attached hydrogen (secondary N) is 1. The second-order valence-corrected chi connectivity index (χ2v) is 6.76. The average Bonchev–Trinajstić information content (AvgIpc) is 2.98. The van der Waals surface area contributed by atoms with E-state index >= 15 is 0 Å². The second-order valence-electron chi connectivity index (χ2n) is 6.76. The van der Waals surface area contributed by atoms with E-state index in [0.717, 1.165) is 48.2 Å². The number of hydrogen-bond acceptors (Lipinski definition) is 3. The molecule has 4 rings (SSSR count). The number of carbonyl (C=O) groups is 1. The van der Waals surface area contributed by atoms with Crippen LogP contribution in [0.25, 0.3) is 10.8 Å². The minimum absolute atomic E-state index is 0.103. The Bertz CT molecular complexity index is 909. The third-order valence-electron chi connectivity index (χ3n) is 4.97. The minimum atomic E-state index is -0.103. The van der Waals surface area contributed by atoms with Gasteiger partial charge in [-0.25, -0.2) is 4.98 Å². The maximum atomic E-state index is 13.0. The monoisotopic (exact) mass is 345 g/mol. The zero-order valence-electron chi connectivity index (χ0n) is 14.8. The van der Waals surface area contributed by atoms with Crippen LogP contribution in [-0.4, -0.2) is 24.0 Å². The molecule has 2 aromatic carbocycles. The summed E-state index contributed by atoms with van der Waals surface area (Å²) in [5, 5.41) is 5.25. The Morgan fingerprint density at radius 1 is 0.885 bits per heavy atom. The predicted molar refractivity (Wildman–Crippen MR) is 107 cm³/mol. The summed E-state index contributed by atoms with van der Waals surface area (Å²) >= 11 is 0. The Morgan fingerprint density at radius 3 is 2.50 bits per heavy atom. The molecule has 2 heterocycles. The number of carbonyl (C=O) groups excluding carboxylic acids is 1. The van der Waals surface area contributed by atoms with E-state index in [9.17, 15) is 4.79 Å². The van der Waals surface area contributed by atoms with Gasteiger partial charge in [-0.2, -0.15) is 0 Å². The van der Waals surface area contributed by atoms with Gasteiger partial charge in [-0.1, -0.05) is 49.2 Å². The summed E-state index contributed by atoms with van der Waals surface area (Å²) in [6.45, 7) is 1.93. The molecule has 1 fully saturated rings. The smallest absolute Gasteiger partial charge is 0.259 e. The molecule has 0 saturated carbocycles. The summed E-state index contributed by atoms with van der Waals surface area (Å²) in [7, 11) is 0. The third-order valence-corrected chi connectivity index (χ3v) is 4.97. The molecule has 0 bridgehead atoms. The Balaban J connectivity index is 1.64. The first-order chi connectivity index (χ1) is 12.8. The molecule has 0 spiro atoms. The number of nitrogens with zero attached hydrogens (tertiary/aromatic N) is 2.